The third-order valence-corrected chi connectivity index (χ3v) is 5.38. The van der Waals surface area contributed by atoms with Gasteiger partial charge < -0.3 is 0 Å². The number of benzene rings is 2. The van der Waals surface area contributed by atoms with E-state index in [4.69, 9.17) is 0 Å². The Hall–Kier alpha value is -0.600. The van der Waals surface area contributed by atoms with Crippen LogP contribution in [-0.4, -0.2) is 0 Å². The molecule has 2 rings (SSSR count). The Morgan fingerprint density at radius 2 is 1.65 bits per heavy atom. The van der Waals surface area contributed by atoms with Crippen LogP contribution in [0.25, 0.3) is 0 Å². The monoisotopic (exact) mass is 394 g/mol. The van der Waals surface area contributed by atoms with Gasteiger partial charge in [-0.1, -0.05) is 82.1 Å². The van der Waals surface area contributed by atoms with E-state index in [1.54, 1.807) is 0 Å². The molecule has 0 aliphatic carbocycles. The lowest BCUT2D eigenvalue weighted by Crippen LogP contribution is -1.98. The van der Waals surface area contributed by atoms with Gasteiger partial charge in [0.25, 0.3) is 0 Å². The van der Waals surface area contributed by atoms with Crippen molar-refractivity contribution in [2.75, 3.05) is 0 Å². The van der Waals surface area contributed by atoms with Crippen LogP contribution in [0.15, 0.2) is 46.9 Å². The number of halogens is 2. The molecule has 1 atom stereocenters. The molecule has 2 aromatic rings. The summed E-state index contributed by atoms with van der Waals surface area (Å²) in [6.45, 7) is 6.67. The first-order chi connectivity index (χ1) is 9.49. The van der Waals surface area contributed by atoms with Gasteiger partial charge in [-0.25, -0.2) is 0 Å². The summed E-state index contributed by atoms with van der Waals surface area (Å²) in [7, 11) is 0. The van der Waals surface area contributed by atoms with Gasteiger partial charge >= 0.3 is 0 Å². The second-order valence-corrected chi connectivity index (χ2v) is 7.43. The summed E-state index contributed by atoms with van der Waals surface area (Å²) in [4.78, 5) is 0.244. The van der Waals surface area contributed by atoms with Crippen LogP contribution in [-0.2, 0) is 6.42 Å². The topological polar surface area (TPSA) is 0 Å². The van der Waals surface area contributed by atoms with Crippen molar-refractivity contribution in [3.8, 4) is 0 Å². The van der Waals surface area contributed by atoms with E-state index in [0.717, 1.165) is 10.9 Å². The average molecular weight is 396 g/mol. The van der Waals surface area contributed by atoms with Crippen molar-refractivity contribution in [2.45, 2.75) is 32.0 Å². The molecule has 2 heteroatoms. The fourth-order valence-electron chi connectivity index (χ4n) is 2.37. The first-order valence-electron chi connectivity index (χ1n) is 6.97. The molecular weight excluding hydrogens is 376 g/mol. The smallest absolute Gasteiger partial charge is 0.0647 e. The van der Waals surface area contributed by atoms with Gasteiger partial charge in [-0.05, 0) is 47.6 Å². The van der Waals surface area contributed by atoms with E-state index in [-0.39, 0.29) is 4.83 Å². The van der Waals surface area contributed by atoms with Crippen LogP contribution < -0.4 is 0 Å². The normalized spacial score (nSPS) is 12.7. The standard InChI is InChI=1S/C18H20Br2/c1-12(2)11-14-7-9-15(10-8-14)18(20)16-5-4-6-17(19)13(16)3/h4-10,12,18H,11H2,1-3H3. The molecular formula is C18H20Br2. The number of hydrogen-bond donors (Lipinski definition) is 0. The quantitative estimate of drug-likeness (QED) is 0.522. The number of rotatable bonds is 4. The van der Waals surface area contributed by atoms with E-state index in [1.807, 2.05) is 0 Å². The molecule has 2 aromatic carbocycles. The summed E-state index contributed by atoms with van der Waals surface area (Å²) in [6.07, 6.45) is 1.14. The van der Waals surface area contributed by atoms with E-state index >= 15 is 0 Å². The van der Waals surface area contributed by atoms with Crippen molar-refractivity contribution < 1.29 is 0 Å². The van der Waals surface area contributed by atoms with Crippen LogP contribution in [0.2, 0.25) is 0 Å². The fourth-order valence-corrected chi connectivity index (χ4v) is 3.56. The van der Waals surface area contributed by atoms with Crippen molar-refractivity contribution in [1.82, 2.24) is 0 Å². The Morgan fingerprint density at radius 3 is 2.25 bits per heavy atom. The zero-order valence-electron chi connectivity index (χ0n) is 12.2. The SMILES string of the molecule is Cc1c(Br)cccc1C(Br)c1ccc(CC(C)C)cc1. The third-order valence-electron chi connectivity index (χ3n) is 3.50. The molecule has 0 N–H and O–H groups in total. The van der Waals surface area contributed by atoms with E-state index in [2.05, 4.69) is 95.1 Å². The summed E-state index contributed by atoms with van der Waals surface area (Å²) < 4.78 is 1.16. The minimum atomic E-state index is 0.244. The van der Waals surface area contributed by atoms with Gasteiger partial charge in [-0.15, -0.1) is 0 Å². The molecule has 106 valence electrons. The summed E-state index contributed by atoms with van der Waals surface area (Å²) in [5.41, 5.74) is 5.32. The van der Waals surface area contributed by atoms with Crippen LogP contribution in [0.3, 0.4) is 0 Å². The molecule has 20 heavy (non-hydrogen) atoms. The second kappa shape index (κ2) is 6.91. The first-order valence-corrected chi connectivity index (χ1v) is 8.68. The maximum absolute atomic E-state index is 3.83. The first kappa shape index (κ1) is 15.8. The third kappa shape index (κ3) is 3.73. The van der Waals surface area contributed by atoms with E-state index < -0.39 is 0 Å². The maximum Gasteiger partial charge on any atom is 0.0647 e. The van der Waals surface area contributed by atoms with Gasteiger partial charge in [0, 0.05) is 4.47 Å². The van der Waals surface area contributed by atoms with E-state index in [0.29, 0.717) is 5.92 Å². The lowest BCUT2D eigenvalue weighted by molar-refractivity contribution is 0.647. The molecule has 0 aliphatic heterocycles. The van der Waals surface area contributed by atoms with Crippen LogP contribution in [0.4, 0.5) is 0 Å². The summed E-state index contributed by atoms with van der Waals surface area (Å²) >= 11 is 7.44. The van der Waals surface area contributed by atoms with Crippen molar-refractivity contribution in [3.05, 3.63) is 69.2 Å². The van der Waals surface area contributed by atoms with Gasteiger partial charge in [-0.2, -0.15) is 0 Å². The molecule has 0 aliphatic rings. The van der Waals surface area contributed by atoms with E-state index in [9.17, 15) is 0 Å². The van der Waals surface area contributed by atoms with Gasteiger partial charge in [0.05, 0.1) is 4.83 Å². The number of hydrogen-bond acceptors (Lipinski definition) is 0. The highest BCUT2D eigenvalue weighted by molar-refractivity contribution is 9.10. The average Bonchev–Trinajstić information content (AvgIpc) is 2.41. The maximum atomic E-state index is 3.83. The molecule has 0 heterocycles. The zero-order chi connectivity index (χ0) is 14.7. The predicted octanol–water partition coefficient (Wildman–Crippen LogP) is 6.44. The molecule has 0 radical (unpaired) electrons. The Labute approximate surface area is 138 Å². The lowest BCUT2D eigenvalue weighted by Gasteiger charge is -2.15. The van der Waals surface area contributed by atoms with Crippen LogP contribution in [0.1, 0.15) is 40.9 Å². The Balaban J connectivity index is 2.25. The zero-order valence-corrected chi connectivity index (χ0v) is 15.3. The molecule has 0 amide bonds. The lowest BCUT2D eigenvalue weighted by atomic mass is 9.97. The molecule has 0 spiro atoms. The molecule has 0 saturated heterocycles. The molecule has 0 bridgehead atoms. The Kier molecular flexibility index (Phi) is 5.45. The van der Waals surface area contributed by atoms with Gasteiger partial charge in [-0.3, -0.25) is 0 Å². The molecule has 0 nitrogen and oxygen atoms in total. The summed E-state index contributed by atoms with van der Waals surface area (Å²) in [6, 6.07) is 15.3. The Bertz CT molecular complexity index is 570. The highest BCUT2D eigenvalue weighted by atomic mass is 79.9. The molecule has 0 saturated carbocycles. The highest BCUT2D eigenvalue weighted by Gasteiger charge is 2.14. The van der Waals surface area contributed by atoms with Gasteiger partial charge in [0.15, 0.2) is 0 Å². The molecule has 0 fully saturated rings. The largest absolute Gasteiger partial charge is 0.0786 e. The van der Waals surface area contributed by atoms with Crippen molar-refractivity contribution in [1.29, 1.82) is 0 Å². The minimum absolute atomic E-state index is 0.244. The predicted molar refractivity (Wildman–Crippen MR) is 94.6 cm³/mol. The Morgan fingerprint density at radius 1 is 1.00 bits per heavy atom. The molecule has 0 aromatic heterocycles. The minimum Gasteiger partial charge on any atom is -0.0786 e. The van der Waals surface area contributed by atoms with Crippen molar-refractivity contribution in [3.63, 3.8) is 0 Å². The van der Waals surface area contributed by atoms with Crippen LogP contribution in [0, 0.1) is 12.8 Å². The van der Waals surface area contributed by atoms with Crippen LogP contribution in [0.5, 0.6) is 0 Å². The fraction of sp³-hybridized carbons (Fsp3) is 0.333. The summed E-state index contributed by atoms with van der Waals surface area (Å²) in [5, 5.41) is 0. The van der Waals surface area contributed by atoms with Crippen LogP contribution >= 0.6 is 31.9 Å². The van der Waals surface area contributed by atoms with E-state index in [1.165, 1.54) is 22.3 Å². The van der Waals surface area contributed by atoms with Gasteiger partial charge in [0.1, 0.15) is 0 Å². The number of alkyl halides is 1. The highest BCUT2D eigenvalue weighted by Crippen LogP contribution is 2.35. The second-order valence-electron chi connectivity index (χ2n) is 5.66. The van der Waals surface area contributed by atoms with Gasteiger partial charge in [0.2, 0.25) is 0 Å². The molecule has 1 unspecified atom stereocenters. The van der Waals surface area contributed by atoms with Crippen molar-refractivity contribution in [2.24, 2.45) is 5.92 Å². The van der Waals surface area contributed by atoms with Crippen molar-refractivity contribution >= 4 is 31.9 Å². The summed E-state index contributed by atoms with van der Waals surface area (Å²) in [5.74, 6) is 0.702.